The number of hydrogen-bond donors (Lipinski definition) is 2. The van der Waals surface area contributed by atoms with Crippen molar-refractivity contribution in [1.29, 1.82) is 0 Å². The quantitative estimate of drug-likeness (QED) is 0.623. The van der Waals surface area contributed by atoms with Gasteiger partial charge in [-0.15, -0.1) is 0 Å². The van der Waals surface area contributed by atoms with E-state index in [4.69, 9.17) is 4.74 Å². The highest BCUT2D eigenvalue weighted by Crippen LogP contribution is 2.66. The van der Waals surface area contributed by atoms with Gasteiger partial charge in [0.25, 0.3) is 0 Å². The maximum Gasteiger partial charge on any atom is 0.310 e. The van der Waals surface area contributed by atoms with E-state index < -0.39 is 52.7 Å². The van der Waals surface area contributed by atoms with Crippen molar-refractivity contribution in [2.75, 3.05) is 0 Å². The number of allylic oxidation sites excluding steroid dienone is 1. The smallest absolute Gasteiger partial charge is 0.310 e. The van der Waals surface area contributed by atoms with Crippen LogP contribution in [-0.2, 0) is 19.1 Å². The Labute approximate surface area is 146 Å². The van der Waals surface area contributed by atoms with Gasteiger partial charge in [-0.2, -0.15) is 0 Å². The van der Waals surface area contributed by atoms with E-state index in [0.29, 0.717) is 0 Å². The van der Waals surface area contributed by atoms with Gasteiger partial charge < -0.3 is 14.9 Å². The fraction of sp³-hybridized carbons (Fsp3) is 0.737. The first-order chi connectivity index (χ1) is 11.6. The van der Waals surface area contributed by atoms with Gasteiger partial charge in [-0.25, -0.2) is 0 Å². The molecular formula is C19H24O6. The summed E-state index contributed by atoms with van der Waals surface area (Å²) >= 11 is 0. The molecule has 4 aliphatic rings. The Balaban J connectivity index is 1.96. The van der Waals surface area contributed by atoms with Crippen molar-refractivity contribution in [3.8, 4) is 0 Å². The monoisotopic (exact) mass is 348 g/mol. The molecule has 1 aliphatic heterocycles. The molecule has 25 heavy (non-hydrogen) atoms. The summed E-state index contributed by atoms with van der Waals surface area (Å²) in [6.07, 6.45) is -1.54. The Hall–Kier alpha value is -1.53. The molecular weight excluding hydrogens is 324 g/mol. The standard InChI is InChI=1S/C19H24O6/c1-7-5-10(20)16(23)18(3)9(7)6-11(21)19(4)12-8(2)14(25-17(12)24)13(22)15(18)19/h5,8-9,12-16,22-23H,6H2,1-4H3/t8-,9+,12+,13+,14?,15-,16-,18+,19-/m1/s1. The van der Waals surface area contributed by atoms with Crippen LogP contribution in [0.15, 0.2) is 11.6 Å². The summed E-state index contributed by atoms with van der Waals surface area (Å²) in [6.45, 7) is 7.09. The highest BCUT2D eigenvalue weighted by Gasteiger charge is 2.74. The number of ether oxygens (including phenoxy) is 1. The van der Waals surface area contributed by atoms with Gasteiger partial charge in [-0.05, 0) is 18.9 Å². The molecule has 0 radical (unpaired) electrons. The average molecular weight is 348 g/mol. The number of hydrogen-bond acceptors (Lipinski definition) is 6. The Morgan fingerprint density at radius 2 is 1.84 bits per heavy atom. The van der Waals surface area contributed by atoms with Crippen molar-refractivity contribution >= 4 is 17.5 Å². The average Bonchev–Trinajstić information content (AvgIpc) is 2.78. The first-order valence-electron chi connectivity index (χ1n) is 8.88. The number of fused-ring (bicyclic) bond motifs is 6. The molecule has 2 bridgehead atoms. The van der Waals surface area contributed by atoms with Crippen LogP contribution in [0.3, 0.4) is 0 Å². The third-order valence-corrected chi connectivity index (χ3v) is 7.71. The lowest BCUT2D eigenvalue weighted by Gasteiger charge is -2.62. The highest BCUT2D eigenvalue weighted by atomic mass is 16.6. The highest BCUT2D eigenvalue weighted by molar-refractivity contribution is 5.98. The van der Waals surface area contributed by atoms with E-state index in [9.17, 15) is 24.6 Å². The summed E-state index contributed by atoms with van der Waals surface area (Å²) in [5.74, 6) is -2.93. The summed E-state index contributed by atoms with van der Waals surface area (Å²) in [5, 5.41) is 21.9. The predicted molar refractivity (Wildman–Crippen MR) is 86.1 cm³/mol. The maximum absolute atomic E-state index is 13.2. The van der Waals surface area contributed by atoms with Crippen molar-refractivity contribution in [2.24, 2.45) is 34.5 Å². The van der Waals surface area contributed by atoms with Crippen LogP contribution < -0.4 is 0 Å². The molecule has 0 spiro atoms. The maximum atomic E-state index is 13.2. The number of ketones is 2. The molecule has 1 heterocycles. The predicted octanol–water partition coefficient (Wildman–Crippen LogP) is 0.646. The Morgan fingerprint density at radius 1 is 1.20 bits per heavy atom. The molecule has 3 fully saturated rings. The van der Waals surface area contributed by atoms with E-state index in [1.165, 1.54) is 6.08 Å². The topological polar surface area (TPSA) is 101 Å². The number of esters is 1. The fourth-order valence-electron chi connectivity index (χ4n) is 6.55. The van der Waals surface area contributed by atoms with Gasteiger partial charge in [0.15, 0.2) is 5.78 Å². The third kappa shape index (κ3) is 1.70. The number of carbonyl (C=O) groups is 3. The van der Waals surface area contributed by atoms with Crippen molar-refractivity contribution in [2.45, 2.75) is 52.4 Å². The largest absolute Gasteiger partial charge is 0.459 e. The van der Waals surface area contributed by atoms with Gasteiger partial charge in [0.1, 0.15) is 18.0 Å². The summed E-state index contributed by atoms with van der Waals surface area (Å²) in [4.78, 5) is 38.0. The number of aliphatic hydroxyl groups is 2. The molecule has 9 atom stereocenters. The number of rotatable bonds is 0. The third-order valence-electron chi connectivity index (χ3n) is 7.71. The minimum absolute atomic E-state index is 0.0949. The molecule has 0 amide bonds. The van der Waals surface area contributed by atoms with Crippen molar-refractivity contribution in [3.05, 3.63) is 11.6 Å². The lowest BCUT2D eigenvalue weighted by atomic mass is 9.40. The van der Waals surface area contributed by atoms with Gasteiger partial charge in [0.2, 0.25) is 0 Å². The molecule has 2 saturated carbocycles. The number of Topliss-reactive ketones (excluding diaryl/α,β-unsaturated/α-hetero) is 1. The zero-order chi connectivity index (χ0) is 18.5. The van der Waals surface area contributed by atoms with E-state index in [2.05, 4.69) is 0 Å². The van der Waals surface area contributed by atoms with E-state index >= 15 is 0 Å². The summed E-state index contributed by atoms with van der Waals surface area (Å²) < 4.78 is 5.41. The van der Waals surface area contributed by atoms with Crippen LogP contribution in [0, 0.1) is 34.5 Å². The molecule has 6 heteroatoms. The van der Waals surface area contributed by atoms with Crippen LogP contribution in [0.1, 0.15) is 34.1 Å². The minimum Gasteiger partial charge on any atom is -0.459 e. The number of aliphatic hydroxyl groups excluding tert-OH is 2. The van der Waals surface area contributed by atoms with Gasteiger partial charge in [-0.3, -0.25) is 14.4 Å². The normalized spacial score (nSPS) is 54.6. The van der Waals surface area contributed by atoms with Crippen LogP contribution in [-0.4, -0.2) is 46.1 Å². The first-order valence-corrected chi connectivity index (χ1v) is 8.88. The second kappa shape index (κ2) is 4.80. The lowest BCUT2D eigenvalue weighted by molar-refractivity contribution is -0.208. The zero-order valence-electron chi connectivity index (χ0n) is 14.9. The Bertz CT molecular complexity index is 725. The second-order valence-corrected chi connectivity index (χ2v) is 8.73. The molecule has 4 rings (SSSR count). The molecule has 136 valence electrons. The number of carbonyl (C=O) groups excluding carboxylic acids is 3. The van der Waals surface area contributed by atoms with Gasteiger partial charge in [0.05, 0.1) is 12.0 Å². The molecule has 2 N–H and O–H groups in total. The second-order valence-electron chi connectivity index (χ2n) is 8.73. The van der Waals surface area contributed by atoms with E-state index in [1.807, 2.05) is 6.92 Å². The minimum atomic E-state index is -1.31. The SMILES string of the molecule is CC1=CC(=O)[C@@H](O)[C@@]2(C)[C@H]1CC(=O)[C@]1(C)[C@@H]3C(=O)OC([C@@H]3C)[C@H](O)[C@@H]12. The van der Waals surface area contributed by atoms with Gasteiger partial charge >= 0.3 is 5.97 Å². The summed E-state index contributed by atoms with van der Waals surface area (Å²) in [7, 11) is 0. The summed E-state index contributed by atoms with van der Waals surface area (Å²) in [6, 6.07) is 0. The fourth-order valence-corrected chi connectivity index (χ4v) is 6.55. The molecule has 0 aromatic carbocycles. The zero-order valence-corrected chi connectivity index (χ0v) is 14.9. The van der Waals surface area contributed by atoms with Crippen LogP contribution in [0.2, 0.25) is 0 Å². The molecule has 3 aliphatic carbocycles. The van der Waals surface area contributed by atoms with E-state index in [0.717, 1.165) is 5.57 Å². The van der Waals surface area contributed by atoms with E-state index in [1.54, 1.807) is 20.8 Å². The van der Waals surface area contributed by atoms with Crippen molar-refractivity contribution < 1.29 is 29.3 Å². The molecule has 1 saturated heterocycles. The van der Waals surface area contributed by atoms with Crippen molar-refractivity contribution in [3.63, 3.8) is 0 Å². The lowest BCUT2D eigenvalue weighted by Crippen LogP contribution is -2.70. The molecule has 1 unspecified atom stereocenters. The van der Waals surface area contributed by atoms with Gasteiger partial charge in [0, 0.05) is 29.1 Å². The molecule has 0 aromatic rings. The molecule has 0 aromatic heterocycles. The van der Waals surface area contributed by atoms with Crippen LogP contribution in [0.4, 0.5) is 0 Å². The Kier molecular flexibility index (Phi) is 3.24. The molecule has 6 nitrogen and oxygen atoms in total. The van der Waals surface area contributed by atoms with Gasteiger partial charge in [-0.1, -0.05) is 26.3 Å². The Morgan fingerprint density at radius 3 is 2.48 bits per heavy atom. The first kappa shape index (κ1) is 16.9. The summed E-state index contributed by atoms with van der Waals surface area (Å²) in [5.41, 5.74) is -1.41. The van der Waals surface area contributed by atoms with E-state index in [-0.39, 0.29) is 24.0 Å². The van der Waals surface area contributed by atoms with Crippen LogP contribution in [0.25, 0.3) is 0 Å². The van der Waals surface area contributed by atoms with Crippen molar-refractivity contribution in [1.82, 2.24) is 0 Å². The van der Waals surface area contributed by atoms with Crippen LogP contribution in [0.5, 0.6) is 0 Å². The van der Waals surface area contributed by atoms with Crippen LogP contribution >= 0.6 is 0 Å².